The summed E-state index contributed by atoms with van der Waals surface area (Å²) in [5, 5.41) is 7.87. The number of hydrogen-bond acceptors (Lipinski definition) is 6. The van der Waals surface area contributed by atoms with Crippen molar-refractivity contribution in [2.45, 2.75) is 57.4 Å². The van der Waals surface area contributed by atoms with Crippen LogP contribution in [0.4, 0.5) is 14.6 Å². The summed E-state index contributed by atoms with van der Waals surface area (Å²) in [6.45, 7) is 6.04. The average molecular weight is 491 g/mol. The molecule has 5 rings (SSSR count). The van der Waals surface area contributed by atoms with Gasteiger partial charge in [0.05, 0.1) is 5.39 Å². The number of carbonyl (C=O) groups excluding carboxylic acids is 1. The summed E-state index contributed by atoms with van der Waals surface area (Å²) in [7, 11) is 0. The van der Waals surface area contributed by atoms with Crippen LogP contribution in [0.3, 0.4) is 0 Å². The number of piperazine rings is 1. The summed E-state index contributed by atoms with van der Waals surface area (Å²) >= 11 is 0. The molecule has 1 saturated carbocycles. The van der Waals surface area contributed by atoms with Gasteiger partial charge in [0.1, 0.15) is 0 Å². The molecule has 3 aliphatic rings. The number of hydrogen-bond donors (Lipinski definition) is 1. The van der Waals surface area contributed by atoms with E-state index in [-0.39, 0.29) is 11.5 Å². The molecule has 192 valence electrons. The van der Waals surface area contributed by atoms with Crippen LogP contribution in [0.15, 0.2) is 16.7 Å². The zero-order chi connectivity index (χ0) is 24.2. The molecule has 1 N–H and O–H groups in total. The quantitative estimate of drug-likeness (QED) is 0.630. The number of fused-ring (bicyclic) bond motifs is 1. The van der Waals surface area contributed by atoms with E-state index in [2.05, 4.69) is 20.3 Å². The Hall–Kier alpha value is -2.26. The number of benzene rings is 1. The fraction of sp³-hybridized carbons (Fsp3) is 0.692. The average Bonchev–Trinajstić information content (AvgIpc) is 3.27. The first-order valence-corrected chi connectivity index (χ1v) is 13.1. The Morgan fingerprint density at radius 1 is 0.971 bits per heavy atom. The Kier molecular flexibility index (Phi) is 7.82. The lowest BCUT2D eigenvalue weighted by atomic mass is 9.83. The first kappa shape index (κ1) is 24.4. The number of ether oxygens (including phenoxy) is 1. The molecule has 0 unspecified atom stereocenters. The van der Waals surface area contributed by atoms with E-state index in [1.807, 2.05) is 0 Å². The number of rotatable bonds is 7. The van der Waals surface area contributed by atoms with Crippen LogP contribution < -0.4 is 10.2 Å². The maximum atomic E-state index is 13.7. The smallest absolute Gasteiger partial charge is 0.220 e. The third kappa shape index (κ3) is 6.12. The van der Waals surface area contributed by atoms with E-state index in [0.29, 0.717) is 35.5 Å². The van der Waals surface area contributed by atoms with Crippen molar-refractivity contribution < 1.29 is 22.8 Å². The van der Waals surface area contributed by atoms with Gasteiger partial charge in [-0.3, -0.25) is 9.69 Å². The molecule has 3 heterocycles. The van der Waals surface area contributed by atoms with Gasteiger partial charge in [0, 0.05) is 57.9 Å². The zero-order valence-corrected chi connectivity index (χ0v) is 20.3. The molecule has 7 nitrogen and oxygen atoms in total. The van der Waals surface area contributed by atoms with Crippen LogP contribution in [0, 0.1) is 23.5 Å². The van der Waals surface area contributed by atoms with Gasteiger partial charge in [-0.05, 0) is 69.4 Å². The molecular weight excluding hydrogens is 454 g/mol. The van der Waals surface area contributed by atoms with Gasteiger partial charge in [-0.2, -0.15) is 0 Å². The van der Waals surface area contributed by atoms with Gasteiger partial charge >= 0.3 is 0 Å². The molecule has 1 amide bonds. The van der Waals surface area contributed by atoms with Gasteiger partial charge in [0.25, 0.3) is 0 Å². The molecule has 2 saturated heterocycles. The van der Waals surface area contributed by atoms with Crippen molar-refractivity contribution in [1.29, 1.82) is 0 Å². The zero-order valence-electron chi connectivity index (χ0n) is 20.3. The highest BCUT2D eigenvalue weighted by molar-refractivity contribution is 5.88. The Labute approximate surface area is 205 Å². The SMILES string of the molecule is O=C(CC1CCOCC1)N[C@H]1CC[C@H](CCN2CCN(c3noc4cc(F)c(F)cc34)CC2)CC1. The number of halogens is 2. The summed E-state index contributed by atoms with van der Waals surface area (Å²) in [5.41, 5.74) is 0.275. The molecule has 1 aliphatic carbocycles. The van der Waals surface area contributed by atoms with E-state index in [0.717, 1.165) is 77.7 Å². The molecule has 1 aromatic carbocycles. The molecule has 9 heteroatoms. The number of aromatic nitrogens is 1. The van der Waals surface area contributed by atoms with Crippen LogP contribution >= 0.6 is 0 Å². The van der Waals surface area contributed by atoms with Crippen molar-refractivity contribution in [2.75, 3.05) is 50.8 Å². The van der Waals surface area contributed by atoms with Gasteiger partial charge in [0.2, 0.25) is 5.91 Å². The van der Waals surface area contributed by atoms with Crippen molar-refractivity contribution in [3.63, 3.8) is 0 Å². The second-order valence-corrected chi connectivity index (χ2v) is 10.4. The Balaban J connectivity index is 1.00. The van der Waals surface area contributed by atoms with E-state index in [1.165, 1.54) is 25.3 Å². The molecule has 1 aromatic heterocycles. The lowest BCUT2D eigenvalue weighted by molar-refractivity contribution is -0.123. The van der Waals surface area contributed by atoms with Crippen molar-refractivity contribution in [3.05, 3.63) is 23.8 Å². The molecule has 0 atom stereocenters. The molecule has 0 radical (unpaired) electrons. The number of amides is 1. The van der Waals surface area contributed by atoms with Gasteiger partial charge < -0.3 is 19.5 Å². The van der Waals surface area contributed by atoms with Crippen molar-refractivity contribution in [2.24, 2.45) is 11.8 Å². The monoisotopic (exact) mass is 490 g/mol. The molecule has 0 spiro atoms. The van der Waals surface area contributed by atoms with Crippen LogP contribution in [-0.4, -0.2) is 67.9 Å². The molecule has 2 aliphatic heterocycles. The second kappa shape index (κ2) is 11.2. The molecule has 35 heavy (non-hydrogen) atoms. The normalized spacial score (nSPS) is 24.7. The Morgan fingerprint density at radius 3 is 2.43 bits per heavy atom. The predicted molar refractivity (Wildman–Crippen MR) is 129 cm³/mol. The standard InChI is InChI=1S/C26H36F2N4O3/c27-22-16-21-24(17-23(22)28)35-30-26(21)32-11-9-31(10-12-32)8-5-18-1-3-20(4-2-18)29-25(33)15-19-6-13-34-14-7-19/h16-20H,1-15H2,(H,29,33)/t18-,20-. The predicted octanol–water partition coefficient (Wildman–Crippen LogP) is 4.11. The van der Waals surface area contributed by atoms with Crippen LogP contribution in [0.5, 0.6) is 0 Å². The fourth-order valence-corrected chi connectivity index (χ4v) is 5.79. The van der Waals surface area contributed by atoms with E-state index in [9.17, 15) is 13.6 Å². The number of carbonyl (C=O) groups is 1. The minimum absolute atomic E-state index is 0.214. The number of anilines is 1. The van der Waals surface area contributed by atoms with Crippen LogP contribution in [0.1, 0.15) is 51.4 Å². The maximum Gasteiger partial charge on any atom is 0.220 e. The summed E-state index contributed by atoms with van der Waals surface area (Å²) in [6.07, 6.45) is 8.34. The van der Waals surface area contributed by atoms with Gasteiger partial charge in [-0.1, -0.05) is 5.16 Å². The maximum absolute atomic E-state index is 13.7. The summed E-state index contributed by atoms with van der Waals surface area (Å²) in [6, 6.07) is 2.56. The van der Waals surface area contributed by atoms with Gasteiger partial charge in [0.15, 0.2) is 23.0 Å². The largest absolute Gasteiger partial charge is 0.381 e. The fourth-order valence-electron chi connectivity index (χ4n) is 5.79. The van der Waals surface area contributed by atoms with E-state index < -0.39 is 11.6 Å². The molecule has 3 fully saturated rings. The van der Waals surface area contributed by atoms with E-state index in [4.69, 9.17) is 9.26 Å². The first-order chi connectivity index (χ1) is 17.0. The molecular formula is C26H36F2N4O3. The van der Waals surface area contributed by atoms with Crippen LogP contribution in [0.2, 0.25) is 0 Å². The van der Waals surface area contributed by atoms with E-state index >= 15 is 0 Å². The highest BCUT2D eigenvalue weighted by Gasteiger charge is 2.26. The van der Waals surface area contributed by atoms with Crippen molar-refractivity contribution >= 4 is 22.7 Å². The highest BCUT2D eigenvalue weighted by Crippen LogP contribution is 2.30. The molecule has 0 bridgehead atoms. The lowest BCUT2D eigenvalue weighted by Crippen LogP contribution is -2.47. The van der Waals surface area contributed by atoms with Crippen molar-refractivity contribution in [1.82, 2.24) is 15.4 Å². The van der Waals surface area contributed by atoms with Gasteiger partial charge in [-0.25, -0.2) is 8.78 Å². The Bertz CT molecular complexity index is 994. The number of nitrogens with one attached hydrogen (secondary N) is 1. The van der Waals surface area contributed by atoms with Crippen molar-refractivity contribution in [3.8, 4) is 0 Å². The van der Waals surface area contributed by atoms with Gasteiger partial charge in [-0.15, -0.1) is 0 Å². The third-order valence-corrected chi connectivity index (χ3v) is 8.05. The highest BCUT2D eigenvalue weighted by atomic mass is 19.2. The Morgan fingerprint density at radius 2 is 1.69 bits per heavy atom. The topological polar surface area (TPSA) is 70.8 Å². The van der Waals surface area contributed by atoms with Crippen LogP contribution in [-0.2, 0) is 9.53 Å². The second-order valence-electron chi connectivity index (χ2n) is 10.4. The lowest BCUT2D eigenvalue weighted by Gasteiger charge is -2.36. The van der Waals surface area contributed by atoms with Crippen LogP contribution in [0.25, 0.3) is 11.0 Å². The van der Waals surface area contributed by atoms with E-state index in [1.54, 1.807) is 0 Å². The summed E-state index contributed by atoms with van der Waals surface area (Å²) in [5.74, 6) is 0.203. The number of nitrogens with zero attached hydrogens (tertiary/aromatic N) is 3. The third-order valence-electron chi connectivity index (χ3n) is 8.05. The summed E-state index contributed by atoms with van der Waals surface area (Å²) < 4.78 is 37.8. The summed E-state index contributed by atoms with van der Waals surface area (Å²) in [4.78, 5) is 17.0. The minimum atomic E-state index is -0.920. The molecule has 2 aromatic rings. The minimum Gasteiger partial charge on any atom is -0.381 e. The first-order valence-electron chi connectivity index (χ1n) is 13.1.